The van der Waals surface area contributed by atoms with E-state index < -0.39 is 11.9 Å². The monoisotopic (exact) mass is 248 g/mol. The number of primary amides is 2. The van der Waals surface area contributed by atoms with E-state index in [0.717, 1.165) is 0 Å². The van der Waals surface area contributed by atoms with Crippen molar-refractivity contribution in [1.29, 1.82) is 0 Å². The molecule has 0 aliphatic carbocycles. The topological polar surface area (TPSA) is 123 Å². The van der Waals surface area contributed by atoms with Gasteiger partial charge in [0.1, 0.15) is 11.6 Å². The first kappa shape index (κ1) is 11.8. The van der Waals surface area contributed by atoms with E-state index in [1.165, 1.54) is 7.11 Å². The largest absolute Gasteiger partial charge is 0.496 e. The first-order valence-electron chi connectivity index (χ1n) is 5.09. The molecular weight excluding hydrogens is 236 g/mol. The van der Waals surface area contributed by atoms with Crippen LogP contribution in [-0.4, -0.2) is 24.0 Å². The molecule has 0 saturated heterocycles. The maximum absolute atomic E-state index is 11.5. The van der Waals surface area contributed by atoms with Crippen LogP contribution in [0.2, 0.25) is 0 Å². The number of ether oxygens (including phenoxy) is 1. The molecule has 94 valence electrons. The van der Waals surface area contributed by atoms with Gasteiger partial charge in [0.25, 0.3) is 5.91 Å². The highest BCUT2D eigenvalue weighted by molar-refractivity contribution is 6.14. The number of hydrogen-bond donors (Lipinski definition) is 4. The summed E-state index contributed by atoms with van der Waals surface area (Å²) in [6.07, 6.45) is 0. The van der Waals surface area contributed by atoms with Gasteiger partial charge in [-0.2, -0.15) is 0 Å². The molecule has 18 heavy (non-hydrogen) atoms. The standard InChI is InChI=1S/C11H12N4O3/c1-18-6-4-2-3-5-7(6)8(9(12)16)10(14-5)15-11(13)17/h2-4,14H,1H3,(H2,12,16)(H3,13,15,17). The number of fused-ring (bicyclic) bond motifs is 1. The number of nitrogens with two attached hydrogens (primary N) is 2. The van der Waals surface area contributed by atoms with Gasteiger partial charge in [-0.3, -0.25) is 10.1 Å². The van der Waals surface area contributed by atoms with Crippen LogP contribution in [0.3, 0.4) is 0 Å². The molecule has 0 unspecified atom stereocenters. The zero-order chi connectivity index (χ0) is 13.3. The van der Waals surface area contributed by atoms with Crippen LogP contribution in [0.5, 0.6) is 5.75 Å². The summed E-state index contributed by atoms with van der Waals surface area (Å²) in [7, 11) is 1.48. The van der Waals surface area contributed by atoms with Crippen molar-refractivity contribution in [1.82, 2.24) is 4.98 Å². The van der Waals surface area contributed by atoms with Gasteiger partial charge < -0.3 is 21.2 Å². The molecule has 3 amide bonds. The summed E-state index contributed by atoms with van der Waals surface area (Å²) < 4.78 is 5.16. The molecule has 0 aliphatic rings. The van der Waals surface area contributed by atoms with E-state index in [9.17, 15) is 9.59 Å². The summed E-state index contributed by atoms with van der Waals surface area (Å²) in [5, 5.41) is 2.83. The molecule has 6 N–H and O–H groups in total. The summed E-state index contributed by atoms with van der Waals surface area (Å²) in [6.45, 7) is 0. The molecule has 7 heteroatoms. The molecule has 0 saturated carbocycles. The third-order valence-corrected chi connectivity index (χ3v) is 2.50. The van der Waals surface area contributed by atoms with Crippen molar-refractivity contribution < 1.29 is 14.3 Å². The molecular formula is C11H12N4O3. The number of anilines is 1. The normalized spacial score (nSPS) is 10.3. The second-order valence-electron chi connectivity index (χ2n) is 3.61. The van der Waals surface area contributed by atoms with E-state index in [1.807, 2.05) is 0 Å². The van der Waals surface area contributed by atoms with Gasteiger partial charge in [0.15, 0.2) is 0 Å². The van der Waals surface area contributed by atoms with E-state index in [0.29, 0.717) is 16.7 Å². The van der Waals surface area contributed by atoms with Gasteiger partial charge in [-0.05, 0) is 12.1 Å². The van der Waals surface area contributed by atoms with Crippen molar-refractivity contribution in [2.24, 2.45) is 11.5 Å². The zero-order valence-corrected chi connectivity index (χ0v) is 9.61. The number of carbonyl (C=O) groups excluding carboxylic acids is 2. The number of H-pyrrole nitrogens is 1. The molecule has 0 fully saturated rings. The first-order chi connectivity index (χ1) is 8.54. The average Bonchev–Trinajstić information content (AvgIpc) is 2.65. The lowest BCUT2D eigenvalue weighted by Crippen LogP contribution is -2.22. The van der Waals surface area contributed by atoms with Gasteiger partial charge in [-0.15, -0.1) is 0 Å². The third-order valence-electron chi connectivity index (χ3n) is 2.50. The molecule has 7 nitrogen and oxygen atoms in total. The molecule has 0 bridgehead atoms. The quantitative estimate of drug-likeness (QED) is 0.641. The molecule has 0 aliphatic heterocycles. The number of carbonyl (C=O) groups is 2. The Morgan fingerprint density at radius 2 is 2.06 bits per heavy atom. The maximum atomic E-state index is 11.5. The van der Waals surface area contributed by atoms with E-state index in [1.54, 1.807) is 18.2 Å². The van der Waals surface area contributed by atoms with Crippen LogP contribution >= 0.6 is 0 Å². The Bertz CT molecular complexity index is 632. The molecule has 2 rings (SSSR count). The predicted molar refractivity (Wildman–Crippen MR) is 66.6 cm³/mol. The summed E-state index contributed by atoms with van der Waals surface area (Å²) in [4.78, 5) is 25.2. The summed E-state index contributed by atoms with van der Waals surface area (Å²) in [6, 6.07) is 4.38. The number of benzene rings is 1. The lowest BCUT2D eigenvalue weighted by Gasteiger charge is -2.03. The highest BCUT2D eigenvalue weighted by atomic mass is 16.5. The summed E-state index contributed by atoms with van der Waals surface area (Å²) >= 11 is 0. The fourth-order valence-electron chi connectivity index (χ4n) is 1.85. The van der Waals surface area contributed by atoms with Crippen LogP contribution in [0.1, 0.15) is 10.4 Å². The van der Waals surface area contributed by atoms with Crippen LogP contribution in [0, 0.1) is 0 Å². The van der Waals surface area contributed by atoms with Crippen LogP contribution < -0.4 is 21.5 Å². The number of nitrogens with one attached hydrogen (secondary N) is 2. The Morgan fingerprint density at radius 1 is 1.33 bits per heavy atom. The number of urea groups is 1. The lowest BCUT2D eigenvalue weighted by molar-refractivity contribution is 0.100. The maximum Gasteiger partial charge on any atom is 0.317 e. The van der Waals surface area contributed by atoms with Gasteiger partial charge in [0, 0.05) is 0 Å². The highest BCUT2D eigenvalue weighted by Gasteiger charge is 2.20. The fraction of sp³-hybridized carbons (Fsp3) is 0.0909. The van der Waals surface area contributed by atoms with Crippen molar-refractivity contribution >= 4 is 28.7 Å². The number of hydrogen-bond acceptors (Lipinski definition) is 3. The van der Waals surface area contributed by atoms with Crippen molar-refractivity contribution in [2.75, 3.05) is 12.4 Å². The van der Waals surface area contributed by atoms with Gasteiger partial charge in [-0.1, -0.05) is 6.07 Å². The van der Waals surface area contributed by atoms with Crippen LogP contribution in [0.4, 0.5) is 10.6 Å². The Labute approximate surface area is 102 Å². The minimum absolute atomic E-state index is 0.140. The zero-order valence-electron chi connectivity index (χ0n) is 9.61. The van der Waals surface area contributed by atoms with Crippen LogP contribution in [0.15, 0.2) is 18.2 Å². The Morgan fingerprint density at radius 3 is 2.61 bits per heavy atom. The number of amides is 3. The van der Waals surface area contributed by atoms with E-state index >= 15 is 0 Å². The molecule has 0 spiro atoms. The van der Waals surface area contributed by atoms with E-state index in [4.69, 9.17) is 16.2 Å². The molecule has 2 aromatic rings. The molecule has 1 aromatic heterocycles. The van der Waals surface area contributed by atoms with Gasteiger partial charge >= 0.3 is 6.03 Å². The predicted octanol–water partition coefficient (Wildman–Crippen LogP) is 0.766. The van der Waals surface area contributed by atoms with Crippen LogP contribution in [-0.2, 0) is 0 Å². The van der Waals surface area contributed by atoms with Crippen molar-refractivity contribution in [3.63, 3.8) is 0 Å². The average molecular weight is 248 g/mol. The molecule has 0 atom stereocenters. The fourth-order valence-corrected chi connectivity index (χ4v) is 1.85. The number of methoxy groups -OCH3 is 1. The number of aromatic amines is 1. The second kappa shape index (κ2) is 4.28. The number of rotatable bonds is 3. The van der Waals surface area contributed by atoms with Gasteiger partial charge in [-0.25, -0.2) is 4.79 Å². The van der Waals surface area contributed by atoms with Crippen LogP contribution in [0.25, 0.3) is 10.9 Å². The van der Waals surface area contributed by atoms with Crippen molar-refractivity contribution in [3.8, 4) is 5.75 Å². The van der Waals surface area contributed by atoms with Crippen molar-refractivity contribution in [2.45, 2.75) is 0 Å². The van der Waals surface area contributed by atoms with E-state index in [2.05, 4.69) is 10.3 Å². The Kier molecular flexibility index (Phi) is 2.80. The Balaban J connectivity index is 2.76. The highest BCUT2D eigenvalue weighted by Crippen LogP contribution is 2.33. The molecule has 0 radical (unpaired) electrons. The number of aromatic nitrogens is 1. The van der Waals surface area contributed by atoms with Crippen molar-refractivity contribution in [3.05, 3.63) is 23.8 Å². The smallest absolute Gasteiger partial charge is 0.317 e. The minimum Gasteiger partial charge on any atom is -0.496 e. The lowest BCUT2D eigenvalue weighted by atomic mass is 10.1. The first-order valence-corrected chi connectivity index (χ1v) is 5.09. The second-order valence-corrected chi connectivity index (χ2v) is 3.61. The molecule has 1 heterocycles. The summed E-state index contributed by atoms with van der Waals surface area (Å²) in [5.74, 6) is -0.0425. The van der Waals surface area contributed by atoms with Gasteiger partial charge in [0.05, 0.1) is 23.6 Å². The SMILES string of the molecule is COc1cccc2[nH]c(NC(N)=O)c(C(N)=O)c12. The minimum atomic E-state index is -0.789. The summed E-state index contributed by atoms with van der Waals surface area (Å²) in [5.41, 5.74) is 11.1. The third kappa shape index (κ3) is 1.81. The molecule has 1 aromatic carbocycles. The van der Waals surface area contributed by atoms with Gasteiger partial charge in [0.2, 0.25) is 0 Å². The van der Waals surface area contributed by atoms with E-state index in [-0.39, 0.29) is 11.4 Å². The Hall–Kier alpha value is -2.70.